The van der Waals surface area contributed by atoms with Gasteiger partial charge in [0.25, 0.3) is 0 Å². The molecule has 0 aromatic rings. The standard InChI is InChI=1S/C17H34N6O4/c1-9(2)8-11(18)14(24)23-13(10(3)4)15(25)22-12(16(26)27)6-5-7-21-17(19)20/h9-13H,5-8,18H2,1-4H3,(H,22,25)(H,23,24)(H,26,27)(H4,19,20,21). The van der Waals surface area contributed by atoms with Crippen molar-refractivity contribution in [2.75, 3.05) is 6.54 Å². The third kappa shape index (κ3) is 10.4. The first kappa shape index (κ1) is 24.6. The lowest BCUT2D eigenvalue weighted by molar-refractivity contribution is -0.142. The average molecular weight is 386 g/mol. The number of hydrogen-bond donors (Lipinski definition) is 6. The lowest BCUT2D eigenvalue weighted by Gasteiger charge is -2.25. The molecular weight excluding hydrogens is 352 g/mol. The number of nitrogens with zero attached hydrogens (tertiary/aromatic N) is 1. The summed E-state index contributed by atoms with van der Waals surface area (Å²) in [6, 6.07) is -2.71. The summed E-state index contributed by atoms with van der Waals surface area (Å²) >= 11 is 0. The molecule has 0 bridgehead atoms. The number of hydrogen-bond acceptors (Lipinski definition) is 5. The molecule has 0 heterocycles. The van der Waals surface area contributed by atoms with Crippen LogP contribution in [0.4, 0.5) is 0 Å². The molecule has 0 aromatic carbocycles. The van der Waals surface area contributed by atoms with E-state index in [-0.39, 0.29) is 30.8 Å². The second-order valence-electron chi connectivity index (χ2n) is 7.31. The van der Waals surface area contributed by atoms with E-state index in [4.69, 9.17) is 17.2 Å². The van der Waals surface area contributed by atoms with Crippen LogP contribution < -0.4 is 27.8 Å². The maximum Gasteiger partial charge on any atom is 0.326 e. The van der Waals surface area contributed by atoms with Crippen molar-refractivity contribution in [3.8, 4) is 0 Å². The molecule has 10 heteroatoms. The number of carboxylic acids is 1. The Bertz CT molecular complexity index is 532. The number of carbonyl (C=O) groups is 3. The molecule has 2 amide bonds. The Balaban J connectivity index is 4.89. The summed E-state index contributed by atoms with van der Waals surface area (Å²) in [4.78, 5) is 39.9. The van der Waals surface area contributed by atoms with Crippen molar-refractivity contribution < 1.29 is 19.5 Å². The number of amides is 2. The molecule has 27 heavy (non-hydrogen) atoms. The first-order valence-corrected chi connectivity index (χ1v) is 9.10. The van der Waals surface area contributed by atoms with Gasteiger partial charge in [0.05, 0.1) is 6.04 Å². The zero-order valence-corrected chi connectivity index (χ0v) is 16.6. The fourth-order valence-electron chi connectivity index (χ4n) is 2.43. The van der Waals surface area contributed by atoms with Gasteiger partial charge in [-0.05, 0) is 31.1 Å². The maximum atomic E-state index is 12.5. The summed E-state index contributed by atoms with van der Waals surface area (Å²) in [6.45, 7) is 7.66. The van der Waals surface area contributed by atoms with Crippen molar-refractivity contribution in [1.29, 1.82) is 0 Å². The van der Waals surface area contributed by atoms with E-state index in [1.807, 2.05) is 13.8 Å². The number of carbonyl (C=O) groups excluding carboxylic acids is 2. The number of guanidine groups is 1. The lowest BCUT2D eigenvalue weighted by Crippen LogP contribution is -2.56. The molecular formula is C17H34N6O4. The van der Waals surface area contributed by atoms with Crippen LogP contribution in [-0.4, -0.2) is 53.5 Å². The monoisotopic (exact) mass is 386 g/mol. The number of rotatable bonds is 12. The van der Waals surface area contributed by atoms with E-state index in [9.17, 15) is 19.5 Å². The molecule has 0 aliphatic heterocycles. The normalized spacial score (nSPS) is 14.3. The van der Waals surface area contributed by atoms with Gasteiger partial charge in [0.15, 0.2) is 5.96 Å². The first-order chi connectivity index (χ1) is 12.5. The molecule has 0 spiro atoms. The summed E-state index contributed by atoms with van der Waals surface area (Å²) in [5, 5.41) is 14.4. The Morgan fingerprint density at radius 3 is 2.07 bits per heavy atom. The molecule has 0 aromatic heterocycles. The van der Waals surface area contributed by atoms with Gasteiger partial charge in [-0.3, -0.25) is 14.6 Å². The molecule has 0 saturated heterocycles. The smallest absolute Gasteiger partial charge is 0.326 e. The SMILES string of the molecule is CC(C)CC(N)C(=O)NC(C(=O)NC(CCCN=C(N)N)C(=O)O)C(C)C. The largest absolute Gasteiger partial charge is 0.480 e. The van der Waals surface area contributed by atoms with E-state index in [2.05, 4.69) is 15.6 Å². The Hall–Kier alpha value is -2.36. The topological polar surface area (TPSA) is 186 Å². The van der Waals surface area contributed by atoms with Crippen LogP contribution in [0, 0.1) is 11.8 Å². The van der Waals surface area contributed by atoms with Crippen molar-refractivity contribution in [2.45, 2.75) is 65.1 Å². The van der Waals surface area contributed by atoms with E-state index >= 15 is 0 Å². The molecule has 0 aliphatic carbocycles. The van der Waals surface area contributed by atoms with Gasteiger partial charge in [-0.15, -0.1) is 0 Å². The van der Waals surface area contributed by atoms with Crippen molar-refractivity contribution in [2.24, 2.45) is 34.0 Å². The summed E-state index contributed by atoms with van der Waals surface area (Å²) in [6.07, 6.45) is 1.03. The molecule has 0 radical (unpaired) electrons. The first-order valence-electron chi connectivity index (χ1n) is 9.10. The van der Waals surface area contributed by atoms with Gasteiger partial charge in [0.2, 0.25) is 11.8 Å². The van der Waals surface area contributed by atoms with Crippen LogP contribution in [0.2, 0.25) is 0 Å². The van der Waals surface area contributed by atoms with Crippen LogP contribution in [0.15, 0.2) is 4.99 Å². The Morgan fingerprint density at radius 1 is 1.04 bits per heavy atom. The maximum absolute atomic E-state index is 12.5. The van der Waals surface area contributed by atoms with Crippen molar-refractivity contribution in [3.63, 3.8) is 0 Å². The highest BCUT2D eigenvalue weighted by Gasteiger charge is 2.29. The van der Waals surface area contributed by atoms with Crippen LogP contribution >= 0.6 is 0 Å². The highest BCUT2D eigenvalue weighted by molar-refractivity contribution is 5.91. The molecule has 9 N–H and O–H groups in total. The molecule has 0 fully saturated rings. The van der Waals surface area contributed by atoms with Crippen molar-refractivity contribution in [1.82, 2.24) is 10.6 Å². The van der Waals surface area contributed by atoms with Gasteiger partial charge in [-0.1, -0.05) is 27.7 Å². The van der Waals surface area contributed by atoms with E-state index < -0.39 is 35.9 Å². The van der Waals surface area contributed by atoms with Crippen molar-refractivity contribution >= 4 is 23.7 Å². The van der Waals surface area contributed by atoms with Gasteiger partial charge in [-0.2, -0.15) is 0 Å². The molecule has 0 rings (SSSR count). The number of aliphatic carboxylic acids is 1. The fraction of sp³-hybridized carbons (Fsp3) is 0.765. The zero-order valence-electron chi connectivity index (χ0n) is 16.6. The van der Waals surface area contributed by atoms with Gasteiger partial charge < -0.3 is 32.9 Å². The van der Waals surface area contributed by atoms with E-state index in [1.165, 1.54) is 0 Å². The van der Waals surface area contributed by atoms with Crippen LogP contribution in [0.5, 0.6) is 0 Å². The summed E-state index contributed by atoms with van der Waals surface area (Å²) in [7, 11) is 0. The Labute approximate surface area is 160 Å². The summed E-state index contributed by atoms with van der Waals surface area (Å²) in [5.41, 5.74) is 16.3. The van der Waals surface area contributed by atoms with Gasteiger partial charge in [0, 0.05) is 6.54 Å². The minimum absolute atomic E-state index is 0.0776. The number of nitrogens with two attached hydrogens (primary N) is 3. The highest BCUT2D eigenvalue weighted by Crippen LogP contribution is 2.07. The minimum Gasteiger partial charge on any atom is -0.480 e. The van der Waals surface area contributed by atoms with Gasteiger partial charge >= 0.3 is 5.97 Å². The van der Waals surface area contributed by atoms with Gasteiger partial charge in [0.1, 0.15) is 12.1 Å². The van der Waals surface area contributed by atoms with Crippen LogP contribution in [0.25, 0.3) is 0 Å². The summed E-state index contributed by atoms with van der Waals surface area (Å²) < 4.78 is 0. The predicted octanol–water partition coefficient (Wildman–Crippen LogP) is -0.876. The molecule has 0 saturated carbocycles. The Kier molecular flexibility index (Phi) is 11.0. The number of nitrogens with one attached hydrogen (secondary N) is 2. The molecule has 156 valence electrons. The van der Waals surface area contributed by atoms with Crippen LogP contribution in [0.3, 0.4) is 0 Å². The molecule has 10 nitrogen and oxygen atoms in total. The third-order valence-corrected chi connectivity index (χ3v) is 3.87. The Morgan fingerprint density at radius 2 is 1.63 bits per heavy atom. The van der Waals surface area contributed by atoms with E-state index in [1.54, 1.807) is 13.8 Å². The third-order valence-electron chi connectivity index (χ3n) is 3.87. The number of carboxylic acid groups (broad SMARTS) is 1. The van der Waals surface area contributed by atoms with E-state index in [0.717, 1.165) is 0 Å². The molecule has 3 unspecified atom stereocenters. The second-order valence-corrected chi connectivity index (χ2v) is 7.31. The quantitative estimate of drug-likeness (QED) is 0.143. The van der Waals surface area contributed by atoms with Crippen LogP contribution in [-0.2, 0) is 14.4 Å². The van der Waals surface area contributed by atoms with E-state index in [0.29, 0.717) is 12.8 Å². The molecule has 3 atom stereocenters. The average Bonchev–Trinajstić information content (AvgIpc) is 2.53. The zero-order chi connectivity index (χ0) is 21.1. The second kappa shape index (κ2) is 12.1. The van der Waals surface area contributed by atoms with Gasteiger partial charge in [-0.25, -0.2) is 4.79 Å². The number of aliphatic imine (C=N–C) groups is 1. The predicted molar refractivity (Wildman–Crippen MR) is 104 cm³/mol. The lowest BCUT2D eigenvalue weighted by atomic mass is 10.00. The highest BCUT2D eigenvalue weighted by atomic mass is 16.4. The fourth-order valence-corrected chi connectivity index (χ4v) is 2.43. The summed E-state index contributed by atoms with van der Waals surface area (Å²) in [5.74, 6) is -2.25. The minimum atomic E-state index is -1.17. The van der Waals surface area contributed by atoms with Crippen LogP contribution in [0.1, 0.15) is 47.0 Å². The molecule has 0 aliphatic rings. The van der Waals surface area contributed by atoms with Crippen molar-refractivity contribution in [3.05, 3.63) is 0 Å².